The Hall–Kier alpha value is -0.650. The first kappa shape index (κ1) is 10.3. The molecule has 1 aromatic rings. The summed E-state index contributed by atoms with van der Waals surface area (Å²) in [5.74, 6) is 0. The molecule has 0 spiro atoms. The zero-order valence-electron chi connectivity index (χ0n) is 6.01. The molecule has 0 aliphatic heterocycles. The number of aromatic nitrogens is 2. The van der Waals surface area contributed by atoms with Gasteiger partial charge in [-0.05, 0) is 0 Å². The molecule has 0 bridgehead atoms. The lowest BCUT2D eigenvalue weighted by Crippen LogP contribution is -2.03. The summed E-state index contributed by atoms with van der Waals surface area (Å²) in [7, 11) is 0. The summed E-state index contributed by atoms with van der Waals surface area (Å²) >= 11 is 0.483. The molecule has 2 nitrogen and oxygen atoms in total. The van der Waals surface area contributed by atoms with Gasteiger partial charge < -0.3 is 0 Å². The molecule has 0 fully saturated rings. The quantitative estimate of drug-likeness (QED) is 0.619. The molecule has 0 amide bonds. The van der Waals surface area contributed by atoms with E-state index in [4.69, 9.17) is 0 Å². The second-order valence-electron chi connectivity index (χ2n) is 1.24. The zero-order chi connectivity index (χ0) is 8.91. The van der Waals surface area contributed by atoms with E-state index in [0.717, 1.165) is 5.51 Å². The average molecular weight is 184 g/mol. The Labute approximate surface area is 66.1 Å². The van der Waals surface area contributed by atoms with E-state index in [2.05, 4.69) is 10.2 Å². The van der Waals surface area contributed by atoms with Crippen molar-refractivity contribution in [3.63, 3.8) is 0 Å². The molecule has 6 heteroatoms. The Morgan fingerprint density at radius 1 is 1.36 bits per heavy atom. The number of rotatable bonds is 0. The predicted molar refractivity (Wildman–Crippen MR) is 36.3 cm³/mol. The van der Waals surface area contributed by atoms with Gasteiger partial charge in [0.1, 0.15) is 5.51 Å². The van der Waals surface area contributed by atoms with E-state index in [1.54, 1.807) is 0 Å². The maximum atomic E-state index is 11.5. The third kappa shape index (κ3) is 3.31. The second kappa shape index (κ2) is 4.27. The Kier molecular flexibility index (Phi) is 4.02. The fourth-order valence-electron chi connectivity index (χ4n) is 0.297. The van der Waals surface area contributed by atoms with Crippen molar-refractivity contribution in [1.82, 2.24) is 10.2 Å². The van der Waals surface area contributed by atoms with Crippen LogP contribution < -0.4 is 0 Å². The molecule has 0 aromatic carbocycles. The van der Waals surface area contributed by atoms with Gasteiger partial charge in [0.25, 0.3) is 0 Å². The highest BCUT2D eigenvalue weighted by atomic mass is 32.1. The van der Waals surface area contributed by atoms with Crippen molar-refractivity contribution >= 4 is 11.3 Å². The number of hydrogen-bond acceptors (Lipinski definition) is 3. The van der Waals surface area contributed by atoms with Gasteiger partial charge in [-0.25, -0.2) is 0 Å². The van der Waals surface area contributed by atoms with E-state index in [1.165, 1.54) is 0 Å². The van der Waals surface area contributed by atoms with Gasteiger partial charge in [0, 0.05) is 0 Å². The number of hydrogen-bond donors (Lipinski definition) is 0. The minimum absolute atomic E-state index is 0.483. The van der Waals surface area contributed by atoms with Crippen molar-refractivity contribution in [3.05, 3.63) is 10.5 Å². The molecule has 1 aromatic heterocycles. The monoisotopic (exact) mass is 184 g/mol. The lowest BCUT2D eigenvalue weighted by molar-refractivity contribution is -0.138. The topological polar surface area (TPSA) is 25.8 Å². The molecule has 64 valence electrons. The van der Waals surface area contributed by atoms with Gasteiger partial charge in [0.2, 0.25) is 5.01 Å². The van der Waals surface area contributed by atoms with Gasteiger partial charge in [0.15, 0.2) is 0 Å². The van der Waals surface area contributed by atoms with Crippen LogP contribution in [0.5, 0.6) is 0 Å². The van der Waals surface area contributed by atoms with Crippen molar-refractivity contribution in [3.8, 4) is 0 Å². The van der Waals surface area contributed by atoms with E-state index >= 15 is 0 Å². The molecule has 1 rings (SSSR count). The highest BCUT2D eigenvalue weighted by Gasteiger charge is 2.34. The molecular formula is C5H7F3N2S. The third-order valence-electron chi connectivity index (χ3n) is 0.603. The molecule has 0 atom stereocenters. The van der Waals surface area contributed by atoms with E-state index < -0.39 is 11.2 Å². The van der Waals surface area contributed by atoms with Crippen LogP contribution >= 0.6 is 11.3 Å². The molecule has 0 aliphatic rings. The van der Waals surface area contributed by atoms with Crippen LogP contribution in [-0.2, 0) is 6.18 Å². The first-order chi connectivity index (χ1) is 5.11. The highest BCUT2D eigenvalue weighted by molar-refractivity contribution is 7.09. The maximum Gasteiger partial charge on any atom is 0.445 e. The minimum atomic E-state index is -4.33. The van der Waals surface area contributed by atoms with Crippen LogP contribution in [0.15, 0.2) is 5.51 Å². The molecule has 0 N–H and O–H groups in total. The molecule has 0 aliphatic carbocycles. The first-order valence-electron chi connectivity index (χ1n) is 2.94. The highest BCUT2D eigenvalue weighted by Crippen LogP contribution is 2.29. The van der Waals surface area contributed by atoms with Crippen LogP contribution in [-0.4, -0.2) is 10.2 Å². The van der Waals surface area contributed by atoms with Crippen molar-refractivity contribution < 1.29 is 13.2 Å². The number of nitrogens with zero attached hydrogens (tertiary/aromatic N) is 2. The Balaban J connectivity index is 0.000000461. The summed E-state index contributed by atoms with van der Waals surface area (Å²) in [6.07, 6.45) is -4.33. The lowest BCUT2D eigenvalue weighted by Gasteiger charge is -1.96. The Bertz CT molecular complexity index is 182. The largest absolute Gasteiger partial charge is 0.445 e. The standard InChI is InChI=1S/C3HF3N2S.C2H6/c4-3(5,6)2-8-7-1-9-2;1-2/h1H;1-2H3. The summed E-state index contributed by atoms with van der Waals surface area (Å²) in [5.41, 5.74) is 1.04. The summed E-state index contributed by atoms with van der Waals surface area (Å²) in [5, 5.41) is 4.97. The molecule has 0 saturated carbocycles. The van der Waals surface area contributed by atoms with E-state index in [9.17, 15) is 13.2 Å². The van der Waals surface area contributed by atoms with Crippen molar-refractivity contribution in [2.24, 2.45) is 0 Å². The summed E-state index contributed by atoms with van der Waals surface area (Å²) < 4.78 is 34.6. The Morgan fingerprint density at radius 3 is 2.09 bits per heavy atom. The van der Waals surface area contributed by atoms with Crippen LogP contribution in [0.4, 0.5) is 13.2 Å². The van der Waals surface area contributed by atoms with Crippen LogP contribution in [0.3, 0.4) is 0 Å². The molecule has 0 unspecified atom stereocenters. The van der Waals surface area contributed by atoms with Crippen LogP contribution in [0.2, 0.25) is 0 Å². The maximum absolute atomic E-state index is 11.5. The van der Waals surface area contributed by atoms with Gasteiger partial charge in [0.05, 0.1) is 0 Å². The number of halogens is 3. The van der Waals surface area contributed by atoms with Gasteiger partial charge >= 0.3 is 6.18 Å². The van der Waals surface area contributed by atoms with Gasteiger partial charge in [-0.1, -0.05) is 25.2 Å². The number of alkyl halides is 3. The third-order valence-corrected chi connectivity index (χ3v) is 1.34. The SMILES string of the molecule is CC.FC(F)(F)c1nncs1. The van der Waals surface area contributed by atoms with Crippen LogP contribution in [0.25, 0.3) is 0 Å². The van der Waals surface area contributed by atoms with Crippen molar-refractivity contribution in [2.45, 2.75) is 20.0 Å². The van der Waals surface area contributed by atoms with Crippen molar-refractivity contribution in [2.75, 3.05) is 0 Å². The van der Waals surface area contributed by atoms with Crippen LogP contribution in [0.1, 0.15) is 18.9 Å². The van der Waals surface area contributed by atoms with Crippen LogP contribution in [0, 0.1) is 0 Å². The molecule has 0 radical (unpaired) electrons. The predicted octanol–water partition coefficient (Wildman–Crippen LogP) is 2.58. The first-order valence-corrected chi connectivity index (χ1v) is 3.82. The Morgan fingerprint density at radius 2 is 1.91 bits per heavy atom. The fourth-order valence-corrected chi connectivity index (χ4v) is 0.719. The van der Waals surface area contributed by atoms with E-state index in [0.29, 0.717) is 11.3 Å². The van der Waals surface area contributed by atoms with E-state index in [1.807, 2.05) is 13.8 Å². The molecule has 11 heavy (non-hydrogen) atoms. The van der Waals surface area contributed by atoms with Crippen molar-refractivity contribution in [1.29, 1.82) is 0 Å². The second-order valence-corrected chi connectivity index (χ2v) is 2.07. The molecule has 1 heterocycles. The lowest BCUT2D eigenvalue weighted by atomic mass is 10.7. The van der Waals surface area contributed by atoms with Gasteiger partial charge in [-0.3, -0.25) is 0 Å². The molecular weight excluding hydrogens is 177 g/mol. The van der Waals surface area contributed by atoms with Gasteiger partial charge in [-0.15, -0.1) is 10.2 Å². The summed E-state index contributed by atoms with van der Waals surface area (Å²) in [6, 6.07) is 0. The normalized spacial score (nSPS) is 10.3. The minimum Gasteiger partial charge on any atom is -0.164 e. The van der Waals surface area contributed by atoms with E-state index in [-0.39, 0.29) is 0 Å². The summed E-state index contributed by atoms with van der Waals surface area (Å²) in [4.78, 5) is 0. The smallest absolute Gasteiger partial charge is 0.164 e. The zero-order valence-corrected chi connectivity index (χ0v) is 6.83. The molecule has 0 saturated heterocycles. The van der Waals surface area contributed by atoms with Gasteiger partial charge in [-0.2, -0.15) is 13.2 Å². The summed E-state index contributed by atoms with van der Waals surface area (Å²) in [6.45, 7) is 4.00. The average Bonchev–Trinajstić information content (AvgIpc) is 2.40. The fraction of sp³-hybridized carbons (Fsp3) is 0.600.